The Bertz CT molecular complexity index is 1280. The predicted molar refractivity (Wildman–Crippen MR) is 132 cm³/mol. The van der Waals surface area contributed by atoms with E-state index in [4.69, 9.17) is 9.47 Å². The molecule has 1 aromatic heterocycles. The van der Waals surface area contributed by atoms with Gasteiger partial charge in [0.25, 0.3) is 5.56 Å². The molecule has 0 spiro atoms. The molecular weight excluding hydrogens is 448 g/mol. The highest BCUT2D eigenvalue weighted by molar-refractivity contribution is 5.94. The van der Waals surface area contributed by atoms with Crippen LogP contribution in [0.5, 0.6) is 11.5 Å². The van der Waals surface area contributed by atoms with Crippen LogP contribution in [0.3, 0.4) is 0 Å². The number of benzene rings is 2. The van der Waals surface area contributed by atoms with Crippen molar-refractivity contribution < 1.29 is 19.1 Å². The molecule has 0 aliphatic carbocycles. The lowest BCUT2D eigenvalue weighted by Gasteiger charge is -2.36. The van der Waals surface area contributed by atoms with Crippen LogP contribution in [0.2, 0.25) is 0 Å². The SMILES string of the molecule is COc1ccc(OC)c(-c2ccc(=O)n(CC(=O)N3CCN(c4ccc(C(C)=O)cc4)CC3)n2)c1. The maximum absolute atomic E-state index is 13.0. The van der Waals surface area contributed by atoms with Crippen LogP contribution in [0, 0.1) is 0 Å². The lowest BCUT2D eigenvalue weighted by Crippen LogP contribution is -2.50. The fourth-order valence-electron chi connectivity index (χ4n) is 4.07. The van der Waals surface area contributed by atoms with E-state index in [1.807, 2.05) is 24.3 Å². The van der Waals surface area contributed by atoms with Crippen molar-refractivity contribution in [2.45, 2.75) is 13.5 Å². The Morgan fingerprint density at radius 3 is 2.26 bits per heavy atom. The number of ketones is 1. The zero-order valence-electron chi connectivity index (χ0n) is 20.1. The Kier molecular flexibility index (Phi) is 7.14. The van der Waals surface area contributed by atoms with Crippen molar-refractivity contribution in [3.8, 4) is 22.8 Å². The van der Waals surface area contributed by atoms with Gasteiger partial charge in [-0.2, -0.15) is 5.10 Å². The Morgan fingerprint density at radius 1 is 0.914 bits per heavy atom. The van der Waals surface area contributed by atoms with Gasteiger partial charge in [-0.15, -0.1) is 0 Å². The van der Waals surface area contributed by atoms with Gasteiger partial charge in [-0.05, 0) is 55.5 Å². The summed E-state index contributed by atoms with van der Waals surface area (Å²) in [5, 5.41) is 4.43. The lowest BCUT2D eigenvalue weighted by molar-refractivity contribution is -0.132. The van der Waals surface area contributed by atoms with Gasteiger partial charge in [-0.1, -0.05) is 0 Å². The van der Waals surface area contributed by atoms with Gasteiger partial charge < -0.3 is 19.3 Å². The minimum atomic E-state index is -0.354. The number of methoxy groups -OCH3 is 2. The summed E-state index contributed by atoms with van der Waals surface area (Å²) in [5.74, 6) is 1.08. The number of anilines is 1. The molecule has 0 radical (unpaired) electrons. The number of aromatic nitrogens is 2. The number of rotatable bonds is 7. The van der Waals surface area contributed by atoms with E-state index >= 15 is 0 Å². The van der Waals surface area contributed by atoms with Gasteiger partial charge in [0.2, 0.25) is 5.91 Å². The fourth-order valence-corrected chi connectivity index (χ4v) is 4.07. The topological polar surface area (TPSA) is 94.0 Å². The summed E-state index contributed by atoms with van der Waals surface area (Å²) in [6, 6.07) is 15.8. The third-order valence-corrected chi connectivity index (χ3v) is 6.11. The van der Waals surface area contributed by atoms with E-state index in [-0.39, 0.29) is 23.8 Å². The Morgan fingerprint density at radius 2 is 1.63 bits per heavy atom. The zero-order chi connectivity index (χ0) is 24.9. The normalized spacial score (nSPS) is 13.5. The average Bonchev–Trinajstić information content (AvgIpc) is 2.89. The highest BCUT2D eigenvalue weighted by Gasteiger charge is 2.22. The van der Waals surface area contributed by atoms with E-state index in [9.17, 15) is 14.4 Å². The van der Waals surface area contributed by atoms with E-state index in [0.717, 1.165) is 5.69 Å². The molecule has 9 heteroatoms. The summed E-state index contributed by atoms with van der Waals surface area (Å²) in [6.07, 6.45) is 0. The second-order valence-electron chi connectivity index (χ2n) is 8.25. The number of piperazine rings is 1. The smallest absolute Gasteiger partial charge is 0.267 e. The first-order valence-corrected chi connectivity index (χ1v) is 11.3. The summed E-state index contributed by atoms with van der Waals surface area (Å²) in [4.78, 5) is 40.8. The van der Waals surface area contributed by atoms with Gasteiger partial charge >= 0.3 is 0 Å². The van der Waals surface area contributed by atoms with Gasteiger partial charge in [0.05, 0.1) is 19.9 Å². The molecular formula is C26H28N4O5. The highest BCUT2D eigenvalue weighted by atomic mass is 16.5. The summed E-state index contributed by atoms with van der Waals surface area (Å²) in [7, 11) is 3.13. The summed E-state index contributed by atoms with van der Waals surface area (Å²) < 4.78 is 11.9. The zero-order valence-corrected chi connectivity index (χ0v) is 20.1. The van der Waals surface area contributed by atoms with E-state index in [1.54, 1.807) is 50.3 Å². The van der Waals surface area contributed by atoms with Crippen molar-refractivity contribution in [1.29, 1.82) is 0 Å². The molecule has 1 aliphatic rings. The molecule has 0 saturated carbocycles. The molecule has 2 heterocycles. The van der Waals surface area contributed by atoms with Crippen LogP contribution in [0.15, 0.2) is 59.4 Å². The quantitative estimate of drug-likeness (QED) is 0.484. The number of carbonyl (C=O) groups is 2. The van der Waals surface area contributed by atoms with E-state index in [0.29, 0.717) is 54.5 Å². The minimum Gasteiger partial charge on any atom is -0.497 e. The predicted octanol–water partition coefficient (Wildman–Crippen LogP) is 2.48. The van der Waals surface area contributed by atoms with Gasteiger partial charge in [0.1, 0.15) is 18.0 Å². The van der Waals surface area contributed by atoms with Crippen LogP contribution >= 0.6 is 0 Å². The van der Waals surface area contributed by atoms with Gasteiger partial charge in [-0.25, -0.2) is 4.68 Å². The number of hydrogen-bond donors (Lipinski definition) is 0. The van der Waals surface area contributed by atoms with E-state index in [2.05, 4.69) is 10.00 Å². The van der Waals surface area contributed by atoms with Crippen molar-refractivity contribution in [2.75, 3.05) is 45.3 Å². The molecule has 1 amide bonds. The first kappa shape index (κ1) is 24.0. The minimum absolute atomic E-state index is 0.0322. The number of amides is 1. The highest BCUT2D eigenvalue weighted by Crippen LogP contribution is 2.31. The number of ether oxygens (including phenoxy) is 2. The van der Waals surface area contributed by atoms with Crippen molar-refractivity contribution in [1.82, 2.24) is 14.7 Å². The Labute approximate surface area is 203 Å². The molecule has 182 valence electrons. The number of hydrogen-bond acceptors (Lipinski definition) is 7. The molecule has 0 atom stereocenters. The number of Topliss-reactive ketones (excluding diaryl/α,β-unsaturated/α-hetero) is 1. The monoisotopic (exact) mass is 476 g/mol. The molecule has 4 rings (SSSR count). The van der Waals surface area contributed by atoms with E-state index in [1.165, 1.54) is 10.7 Å². The molecule has 35 heavy (non-hydrogen) atoms. The van der Waals surface area contributed by atoms with Crippen LogP contribution < -0.4 is 19.9 Å². The molecule has 1 aliphatic heterocycles. The third-order valence-electron chi connectivity index (χ3n) is 6.11. The summed E-state index contributed by atoms with van der Waals surface area (Å²) >= 11 is 0. The van der Waals surface area contributed by atoms with Crippen molar-refractivity contribution >= 4 is 17.4 Å². The number of nitrogens with zero attached hydrogens (tertiary/aromatic N) is 4. The van der Waals surface area contributed by atoms with Gasteiger partial charge in [-0.3, -0.25) is 14.4 Å². The Balaban J connectivity index is 1.44. The second-order valence-corrected chi connectivity index (χ2v) is 8.25. The average molecular weight is 477 g/mol. The molecule has 1 fully saturated rings. The van der Waals surface area contributed by atoms with Crippen LogP contribution in [0.25, 0.3) is 11.3 Å². The van der Waals surface area contributed by atoms with Crippen molar-refractivity contribution in [3.63, 3.8) is 0 Å². The van der Waals surface area contributed by atoms with Crippen molar-refractivity contribution in [2.24, 2.45) is 0 Å². The van der Waals surface area contributed by atoms with Crippen LogP contribution in [-0.4, -0.2) is 66.8 Å². The molecule has 0 N–H and O–H groups in total. The lowest BCUT2D eigenvalue weighted by atomic mass is 10.1. The van der Waals surface area contributed by atoms with E-state index < -0.39 is 0 Å². The maximum Gasteiger partial charge on any atom is 0.267 e. The third kappa shape index (κ3) is 5.34. The molecule has 3 aromatic rings. The van der Waals surface area contributed by atoms with Crippen molar-refractivity contribution in [3.05, 3.63) is 70.5 Å². The standard InChI is InChI=1S/C26H28N4O5/c1-18(31)19-4-6-20(7-5-19)28-12-14-29(15-13-28)26(33)17-30-25(32)11-9-23(27-30)22-16-21(34-2)8-10-24(22)35-3/h4-11,16H,12-15,17H2,1-3H3. The van der Waals surface area contributed by atoms with Crippen LogP contribution in [0.1, 0.15) is 17.3 Å². The summed E-state index contributed by atoms with van der Waals surface area (Å²) in [6.45, 7) is 3.79. The fraction of sp³-hybridized carbons (Fsp3) is 0.308. The second kappa shape index (κ2) is 10.4. The largest absolute Gasteiger partial charge is 0.497 e. The summed E-state index contributed by atoms with van der Waals surface area (Å²) in [5.41, 5.74) is 2.51. The molecule has 1 saturated heterocycles. The van der Waals surface area contributed by atoms with Crippen LogP contribution in [0.4, 0.5) is 5.69 Å². The molecule has 0 bridgehead atoms. The number of carbonyl (C=O) groups excluding carboxylic acids is 2. The maximum atomic E-state index is 13.0. The molecule has 2 aromatic carbocycles. The van der Waals surface area contributed by atoms with Crippen LogP contribution in [-0.2, 0) is 11.3 Å². The first-order chi connectivity index (χ1) is 16.9. The first-order valence-electron chi connectivity index (χ1n) is 11.3. The Hall–Kier alpha value is -4.14. The van der Waals surface area contributed by atoms with Gasteiger partial charge in [0, 0.05) is 49.1 Å². The van der Waals surface area contributed by atoms with Gasteiger partial charge in [0.15, 0.2) is 5.78 Å². The molecule has 0 unspecified atom stereocenters. The molecule has 9 nitrogen and oxygen atoms in total.